The molecule has 0 aliphatic heterocycles. The third-order valence-electron chi connectivity index (χ3n) is 2.99. The minimum atomic E-state index is -0.539. The Morgan fingerprint density at radius 3 is 2.04 bits per heavy atom. The molecule has 116 valence electrons. The molecule has 0 N–H and O–H groups in total. The number of esters is 2. The van der Waals surface area contributed by atoms with Gasteiger partial charge >= 0.3 is 11.9 Å². The molecule has 0 bridgehead atoms. The topological polar surface area (TPSA) is 76.4 Å². The maximum Gasteiger partial charge on any atom is 0.343 e. The number of carbonyl (C=O) groups is 2. The number of nitrogens with zero attached hydrogens (tertiary/aromatic N) is 1. The minimum Gasteiger partial charge on any atom is -0.462 e. The van der Waals surface area contributed by atoms with Crippen LogP contribution in [0.1, 0.15) is 39.6 Å². The van der Waals surface area contributed by atoms with Crippen LogP contribution in [0.2, 0.25) is 0 Å². The van der Waals surface area contributed by atoms with Gasteiger partial charge in [-0.25, -0.2) is 9.59 Å². The average molecular weight is 309 g/mol. The average Bonchev–Trinajstić information content (AvgIpc) is 2.60. The van der Waals surface area contributed by atoms with E-state index in [2.05, 4.69) is 0 Å². The van der Waals surface area contributed by atoms with Gasteiger partial charge in [-0.05, 0) is 55.0 Å². The van der Waals surface area contributed by atoms with E-state index >= 15 is 0 Å². The number of carbonyl (C=O) groups excluding carboxylic acids is 2. The highest BCUT2D eigenvalue weighted by atomic mass is 16.5. The lowest BCUT2D eigenvalue weighted by Gasteiger charge is -2.06. The van der Waals surface area contributed by atoms with Gasteiger partial charge in [-0.3, -0.25) is 0 Å². The Morgan fingerprint density at radius 1 is 0.957 bits per heavy atom. The summed E-state index contributed by atoms with van der Waals surface area (Å²) in [4.78, 5) is 23.7. The highest BCUT2D eigenvalue weighted by molar-refractivity contribution is 5.94. The summed E-state index contributed by atoms with van der Waals surface area (Å²) in [5.74, 6) is -0.609. The summed E-state index contributed by atoms with van der Waals surface area (Å²) in [6.45, 7) is 2.27. The first-order valence-electron chi connectivity index (χ1n) is 7.13. The van der Waals surface area contributed by atoms with Crippen molar-refractivity contribution in [2.75, 3.05) is 6.61 Å². The summed E-state index contributed by atoms with van der Waals surface area (Å²) < 4.78 is 10.2. The Hall–Kier alpha value is -3.13. The van der Waals surface area contributed by atoms with Gasteiger partial charge in [-0.15, -0.1) is 0 Å². The van der Waals surface area contributed by atoms with Crippen LogP contribution in [-0.4, -0.2) is 18.5 Å². The Balaban J connectivity index is 2.02. The van der Waals surface area contributed by atoms with Crippen molar-refractivity contribution >= 4 is 11.9 Å². The first kappa shape index (κ1) is 16.2. The summed E-state index contributed by atoms with van der Waals surface area (Å²) in [5.41, 5.74) is 1.19. The summed E-state index contributed by atoms with van der Waals surface area (Å²) in [6, 6.07) is 14.3. The SMILES string of the molecule is CCCOC(=O)c1ccc(C(=O)Oc2ccc(C#N)cc2)cc1. The first-order valence-corrected chi connectivity index (χ1v) is 7.13. The lowest BCUT2D eigenvalue weighted by Crippen LogP contribution is -2.10. The fourth-order valence-corrected chi connectivity index (χ4v) is 1.78. The second kappa shape index (κ2) is 7.76. The Morgan fingerprint density at radius 2 is 1.52 bits per heavy atom. The largest absolute Gasteiger partial charge is 0.462 e. The quantitative estimate of drug-likeness (QED) is 0.625. The van der Waals surface area contributed by atoms with Crippen molar-refractivity contribution < 1.29 is 19.1 Å². The predicted molar refractivity (Wildman–Crippen MR) is 83.1 cm³/mol. The second-order valence-corrected chi connectivity index (χ2v) is 4.74. The summed E-state index contributed by atoms with van der Waals surface area (Å²) in [5, 5.41) is 8.72. The molecule has 0 heterocycles. The molecule has 0 aliphatic carbocycles. The van der Waals surface area contributed by atoms with Crippen molar-refractivity contribution in [2.45, 2.75) is 13.3 Å². The van der Waals surface area contributed by atoms with Crippen LogP contribution >= 0.6 is 0 Å². The van der Waals surface area contributed by atoms with Crippen molar-refractivity contribution in [1.82, 2.24) is 0 Å². The van der Waals surface area contributed by atoms with Crippen molar-refractivity contribution in [3.8, 4) is 11.8 Å². The molecule has 5 nitrogen and oxygen atoms in total. The van der Waals surface area contributed by atoms with Gasteiger partial charge in [-0.2, -0.15) is 5.26 Å². The standard InChI is InChI=1S/C18H15NO4/c1-2-11-22-17(20)14-5-7-15(8-6-14)18(21)23-16-9-3-13(12-19)4-10-16/h3-10H,2,11H2,1H3. The fourth-order valence-electron chi connectivity index (χ4n) is 1.78. The van der Waals surface area contributed by atoms with Crippen LogP contribution in [0, 0.1) is 11.3 Å². The van der Waals surface area contributed by atoms with Gasteiger partial charge in [0.15, 0.2) is 0 Å². The van der Waals surface area contributed by atoms with Crippen molar-refractivity contribution in [3.63, 3.8) is 0 Å². The molecular formula is C18H15NO4. The third kappa shape index (κ3) is 4.42. The van der Waals surface area contributed by atoms with Gasteiger partial charge in [0.1, 0.15) is 5.75 Å². The van der Waals surface area contributed by atoms with Crippen LogP contribution in [-0.2, 0) is 4.74 Å². The van der Waals surface area contributed by atoms with E-state index in [1.165, 1.54) is 24.3 Å². The molecule has 0 radical (unpaired) electrons. The van der Waals surface area contributed by atoms with Gasteiger partial charge in [-0.1, -0.05) is 6.92 Å². The molecule has 0 spiro atoms. The molecule has 2 rings (SSSR count). The van der Waals surface area contributed by atoms with Crippen LogP contribution in [0.25, 0.3) is 0 Å². The Labute approximate surface area is 134 Å². The van der Waals surface area contributed by atoms with Crippen LogP contribution in [0.5, 0.6) is 5.75 Å². The molecule has 0 fully saturated rings. The molecule has 0 aromatic heterocycles. The summed E-state index contributed by atoms with van der Waals surface area (Å²) >= 11 is 0. The predicted octanol–water partition coefficient (Wildman–Crippen LogP) is 3.34. The number of ether oxygens (including phenoxy) is 2. The van der Waals surface area contributed by atoms with E-state index in [0.717, 1.165) is 6.42 Å². The molecule has 0 atom stereocenters. The van der Waals surface area contributed by atoms with Gasteiger partial charge in [0.25, 0.3) is 0 Å². The number of hydrogen-bond acceptors (Lipinski definition) is 5. The zero-order chi connectivity index (χ0) is 16.7. The van der Waals surface area contributed by atoms with E-state index in [-0.39, 0.29) is 0 Å². The first-order chi connectivity index (χ1) is 11.1. The highest BCUT2D eigenvalue weighted by Gasteiger charge is 2.11. The van der Waals surface area contributed by atoms with Gasteiger partial charge in [0, 0.05) is 0 Å². The number of hydrogen-bond donors (Lipinski definition) is 0. The van der Waals surface area contributed by atoms with E-state index < -0.39 is 11.9 Å². The number of rotatable bonds is 5. The number of nitriles is 1. The molecule has 0 unspecified atom stereocenters. The van der Waals surface area contributed by atoms with Gasteiger partial charge < -0.3 is 9.47 Å². The van der Waals surface area contributed by atoms with Crippen molar-refractivity contribution in [2.24, 2.45) is 0 Å². The molecule has 23 heavy (non-hydrogen) atoms. The lowest BCUT2D eigenvalue weighted by atomic mass is 10.1. The molecule has 2 aromatic rings. The van der Waals surface area contributed by atoms with E-state index in [9.17, 15) is 9.59 Å². The van der Waals surface area contributed by atoms with Crippen LogP contribution < -0.4 is 4.74 Å². The van der Waals surface area contributed by atoms with Crippen molar-refractivity contribution in [3.05, 3.63) is 65.2 Å². The molecule has 5 heteroatoms. The van der Waals surface area contributed by atoms with Crippen LogP contribution in [0.3, 0.4) is 0 Å². The molecular weight excluding hydrogens is 294 g/mol. The van der Waals surface area contributed by atoms with E-state index in [4.69, 9.17) is 14.7 Å². The summed E-state index contributed by atoms with van der Waals surface area (Å²) in [7, 11) is 0. The number of benzene rings is 2. The zero-order valence-corrected chi connectivity index (χ0v) is 12.6. The molecule has 0 saturated heterocycles. The molecule has 0 saturated carbocycles. The van der Waals surface area contributed by atoms with Crippen LogP contribution in [0.15, 0.2) is 48.5 Å². The normalized spacial score (nSPS) is 9.74. The van der Waals surface area contributed by atoms with Gasteiger partial charge in [0.2, 0.25) is 0 Å². The second-order valence-electron chi connectivity index (χ2n) is 4.74. The molecule has 2 aromatic carbocycles. The van der Waals surface area contributed by atoms with E-state index in [0.29, 0.717) is 29.0 Å². The fraction of sp³-hybridized carbons (Fsp3) is 0.167. The van der Waals surface area contributed by atoms with E-state index in [1.54, 1.807) is 24.3 Å². The Bertz CT molecular complexity index is 727. The van der Waals surface area contributed by atoms with Crippen LogP contribution in [0.4, 0.5) is 0 Å². The molecule has 0 amide bonds. The monoisotopic (exact) mass is 309 g/mol. The lowest BCUT2D eigenvalue weighted by molar-refractivity contribution is 0.0504. The highest BCUT2D eigenvalue weighted by Crippen LogP contribution is 2.14. The minimum absolute atomic E-state index is 0.321. The Kier molecular flexibility index (Phi) is 5.48. The maximum absolute atomic E-state index is 12.0. The smallest absolute Gasteiger partial charge is 0.343 e. The van der Waals surface area contributed by atoms with Crippen molar-refractivity contribution in [1.29, 1.82) is 5.26 Å². The molecule has 0 aliphatic rings. The zero-order valence-electron chi connectivity index (χ0n) is 12.6. The maximum atomic E-state index is 12.0. The van der Waals surface area contributed by atoms with Gasteiger partial charge in [0.05, 0.1) is 29.4 Å². The summed E-state index contributed by atoms with van der Waals surface area (Å²) in [6.07, 6.45) is 0.751. The third-order valence-corrected chi connectivity index (χ3v) is 2.99. The van der Waals surface area contributed by atoms with E-state index in [1.807, 2.05) is 13.0 Å².